The predicted octanol–water partition coefficient (Wildman–Crippen LogP) is 2.96. The van der Waals surface area contributed by atoms with Crippen LogP contribution in [-0.2, 0) is 6.67 Å². The summed E-state index contributed by atoms with van der Waals surface area (Å²) in [7, 11) is 0. The Bertz CT molecular complexity index is 507. The monoisotopic (exact) mass is 333 g/mol. The highest BCUT2D eigenvalue weighted by molar-refractivity contribution is 14.1. The van der Waals surface area contributed by atoms with E-state index in [1.165, 1.54) is 10.6 Å². The molecule has 2 N–H and O–H groups in total. The van der Waals surface area contributed by atoms with Gasteiger partial charge in [-0.3, -0.25) is 4.57 Å². The first-order valence-electron chi connectivity index (χ1n) is 4.58. The summed E-state index contributed by atoms with van der Waals surface area (Å²) in [5.74, 6) is -0.437. The van der Waals surface area contributed by atoms with Gasteiger partial charge in [0, 0.05) is 15.2 Å². The van der Waals surface area contributed by atoms with Crippen LogP contribution < -0.4 is 0 Å². The van der Waals surface area contributed by atoms with Crippen molar-refractivity contribution in [3.63, 3.8) is 0 Å². The number of halogens is 2. The summed E-state index contributed by atoms with van der Waals surface area (Å²) in [6.45, 7) is -0.809. The first kappa shape index (κ1) is 11.3. The number of benzene rings is 1. The molecule has 0 aliphatic carbocycles. The van der Waals surface area contributed by atoms with E-state index in [4.69, 9.17) is 0 Å². The Balaban J connectivity index is 2.55. The number of hydrogen-bond acceptors (Lipinski definition) is 2. The Kier molecular flexibility index (Phi) is 3.04. The lowest BCUT2D eigenvalue weighted by atomic mass is 10.3. The van der Waals surface area contributed by atoms with Crippen molar-refractivity contribution in [3.05, 3.63) is 39.5 Å². The number of alkyl halides is 1. The zero-order valence-electron chi connectivity index (χ0n) is 8.19. The van der Waals surface area contributed by atoms with Crippen molar-refractivity contribution in [1.82, 2.24) is 4.57 Å². The highest BCUT2D eigenvalue weighted by Crippen LogP contribution is 2.32. The first-order chi connectivity index (χ1) is 7.63. The summed E-state index contributed by atoms with van der Waals surface area (Å²) in [4.78, 5) is 0. The molecule has 0 atom stereocenters. The summed E-state index contributed by atoms with van der Waals surface area (Å²) >= 11 is 2.15. The fourth-order valence-corrected chi connectivity index (χ4v) is 1.84. The van der Waals surface area contributed by atoms with Gasteiger partial charge in [0.25, 0.3) is 0 Å². The van der Waals surface area contributed by atoms with Crippen molar-refractivity contribution in [2.75, 3.05) is 0 Å². The summed E-state index contributed by atoms with van der Waals surface area (Å²) in [6, 6.07) is 8.37. The summed E-state index contributed by atoms with van der Waals surface area (Å²) in [5, 5.41) is 19.3. The molecule has 0 bridgehead atoms. The highest BCUT2D eigenvalue weighted by atomic mass is 127. The molecule has 0 spiro atoms. The van der Waals surface area contributed by atoms with E-state index in [0.717, 1.165) is 3.57 Å². The summed E-state index contributed by atoms with van der Waals surface area (Å²) in [5.41, 5.74) is 0.672. The third kappa shape index (κ3) is 1.87. The lowest BCUT2D eigenvalue weighted by Gasteiger charge is -2.06. The van der Waals surface area contributed by atoms with Crippen LogP contribution in [0, 0.1) is 3.57 Å². The van der Waals surface area contributed by atoms with E-state index in [1.807, 2.05) is 12.1 Å². The number of aromatic hydroxyl groups is 2. The zero-order chi connectivity index (χ0) is 11.7. The quantitative estimate of drug-likeness (QED) is 0.830. The Morgan fingerprint density at radius 2 is 1.81 bits per heavy atom. The molecular formula is C11H9FINO2. The molecule has 0 radical (unpaired) electrons. The molecule has 0 aliphatic rings. The molecular weight excluding hydrogens is 324 g/mol. The number of hydrogen-bond donors (Lipinski definition) is 2. The van der Waals surface area contributed by atoms with Gasteiger partial charge >= 0.3 is 0 Å². The minimum Gasteiger partial charge on any atom is -0.494 e. The van der Waals surface area contributed by atoms with Crippen LogP contribution in [0.3, 0.4) is 0 Å². The average molecular weight is 333 g/mol. The SMILES string of the molecule is Oc1cc(CF)c(O)n1-c1ccc(I)cc1. The second-order valence-corrected chi connectivity index (χ2v) is 4.54. The molecule has 2 rings (SSSR count). The van der Waals surface area contributed by atoms with Crippen molar-refractivity contribution >= 4 is 22.6 Å². The maximum absolute atomic E-state index is 12.5. The van der Waals surface area contributed by atoms with Gasteiger partial charge in [-0.2, -0.15) is 0 Å². The topological polar surface area (TPSA) is 45.4 Å². The lowest BCUT2D eigenvalue weighted by molar-refractivity contribution is 0.393. The second-order valence-electron chi connectivity index (χ2n) is 3.30. The van der Waals surface area contributed by atoms with Gasteiger partial charge in [-0.15, -0.1) is 0 Å². The van der Waals surface area contributed by atoms with Crippen molar-refractivity contribution in [2.24, 2.45) is 0 Å². The Morgan fingerprint density at radius 3 is 2.31 bits per heavy atom. The molecule has 0 saturated heterocycles. The molecule has 1 aromatic carbocycles. The van der Waals surface area contributed by atoms with Gasteiger partial charge in [0.15, 0.2) is 5.88 Å². The van der Waals surface area contributed by atoms with Gasteiger partial charge in [-0.1, -0.05) is 0 Å². The highest BCUT2D eigenvalue weighted by Gasteiger charge is 2.14. The zero-order valence-corrected chi connectivity index (χ0v) is 10.3. The van der Waals surface area contributed by atoms with E-state index in [0.29, 0.717) is 5.69 Å². The van der Waals surface area contributed by atoms with Crippen LogP contribution in [0.1, 0.15) is 5.56 Å². The predicted molar refractivity (Wildman–Crippen MR) is 66.6 cm³/mol. The minimum atomic E-state index is -0.809. The molecule has 2 aromatic rings. The maximum Gasteiger partial charge on any atom is 0.204 e. The van der Waals surface area contributed by atoms with Crippen LogP contribution in [-0.4, -0.2) is 14.8 Å². The van der Waals surface area contributed by atoms with Gasteiger partial charge in [0.1, 0.15) is 6.67 Å². The van der Waals surface area contributed by atoms with Gasteiger partial charge in [0.05, 0.1) is 5.69 Å². The third-order valence-electron chi connectivity index (χ3n) is 2.26. The second kappa shape index (κ2) is 4.32. The molecule has 1 aromatic heterocycles. The normalized spacial score (nSPS) is 10.6. The van der Waals surface area contributed by atoms with E-state index in [2.05, 4.69) is 22.6 Å². The fraction of sp³-hybridized carbons (Fsp3) is 0.0909. The lowest BCUT2D eigenvalue weighted by Crippen LogP contribution is -1.92. The largest absolute Gasteiger partial charge is 0.494 e. The molecule has 0 fully saturated rings. The van der Waals surface area contributed by atoms with Crippen LogP contribution >= 0.6 is 22.6 Å². The molecule has 0 amide bonds. The Morgan fingerprint density at radius 1 is 1.19 bits per heavy atom. The van der Waals surface area contributed by atoms with Crippen LogP contribution in [0.4, 0.5) is 4.39 Å². The third-order valence-corrected chi connectivity index (χ3v) is 2.98. The van der Waals surface area contributed by atoms with Crippen LogP contribution in [0.2, 0.25) is 0 Å². The molecule has 84 valence electrons. The van der Waals surface area contributed by atoms with Crippen molar-refractivity contribution in [1.29, 1.82) is 0 Å². The Labute approximate surface area is 105 Å². The van der Waals surface area contributed by atoms with Gasteiger partial charge in [0.2, 0.25) is 5.88 Å². The van der Waals surface area contributed by atoms with Crippen LogP contribution in [0.25, 0.3) is 5.69 Å². The molecule has 0 saturated carbocycles. The van der Waals surface area contributed by atoms with E-state index >= 15 is 0 Å². The standard InChI is InChI=1S/C11H9FINO2/c12-6-7-5-10(15)14(11(7)16)9-3-1-8(13)2-4-9/h1-5,15-16H,6H2. The van der Waals surface area contributed by atoms with Gasteiger partial charge in [-0.25, -0.2) is 4.39 Å². The number of nitrogens with zero attached hydrogens (tertiary/aromatic N) is 1. The van der Waals surface area contributed by atoms with Crippen molar-refractivity contribution < 1.29 is 14.6 Å². The molecule has 16 heavy (non-hydrogen) atoms. The summed E-state index contributed by atoms with van der Waals surface area (Å²) in [6.07, 6.45) is 0. The van der Waals surface area contributed by atoms with E-state index in [9.17, 15) is 14.6 Å². The average Bonchev–Trinajstić information content (AvgIpc) is 2.56. The van der Waals surface area contributed by atoms with Crippen LogP contribution in [0.15, 0.2) is 30.3 Å². The smallest absolute Gasteiger partial charge is 0.204 e. The van der Waals surface area contributed by atoms with Crippen molar-refractivity contribution in [3.8, 4) is 17.4 Å². The Hall–Kier alpha value is -1.24. The maximum atomic E-state index is 12.5. The molecule has 0 aliphatic heterocycles. The molecule has 3 nitrogen and oxygen atoms in total. The fourth-order valence-electron chi connectivity index (χ4n) is 1.48. The van der Waals surface area contributed by atoms with E-state index in [-0.39, 0.29) is 17.3 Å². The summed E-state index contributed by atoms with van der Waals surface area (Å²) < 4.78 is 14.7. The molecule has 0 unspecified atom stereocenters. The minimum absolute atomic E-state index is 0.0797. The first-order valence-corrected chi connectivity index (χ1v) is 5.66. The molecule has 5 heteroatoms. The van der Waals surface area contributed by atoms with Crippen LogP contribution in [0.5, 0.6) is 11.8 Å². The number of rotatable bonds is 2. The molecule has 1 heterocycles. The van der Waals surface area contributed by atoms with E-state index in [1.54, 1.807) is 12.1 Å². The van der Waals surface area contributed by atoms with Gasteiger partial charge in [-0.05, 0) is 46.9 Å². The van der Waals surface area contributed by atoms with Crippen molar-refractivity contribution in [2.45, 2.75) is 6.67 Å². The van der Waals surface area contributed by atoms with E-state index < -0.39 is 6.67 Å². The number of aromatic nitrogens is 1. The van der Waals surface area contributed by atoms with Gasteiger partial charge < -0.3 is 10.2 Å².